The third-order valence-electron chi connectivity index (χ3n) is 4.89. The number of nitrogens with one attached hydrogen (secondary N) is 1. The second-order valence-corrected chi connectivity index (χ2v) is 7.00. The van der Waals surface area contributed by atoms with Crippen LogP contribution >= 0.6 is 0 Å². The minimum atomic E-state index is -5.02. The Balaban J connectivity index is 2.27. The molecule has 1 N–H and O–H groups in total. The van der Waals surface area contributed by atoms with Gasteiger partial charge in [-0.25, -0.2) is 22.2 Å². The average molecular weight is 482 g/mol. The number of aryl methyl sites for hydroxylation is 2. The van der Waals surface area contributed by atoms with Gasteiger partial charge in [0.2, 0.25) is 0 Å². The summed E-state index contributed by atoms with van der Waals surface area (Å²) >= 11 is 0. The number of aromatic nitrogens is 2. The molecule has 2 aromatic carbocycles. The molecule has 1 aromatic heterocycles. The SMILES string of the molecule is Cc1cc(C(=O)c2c(C)[nH]n(-c3c(F)c(F)c(C#N)c(F)c3F)c2=O)cc(C(F)(F)F)c1C#N. The number of benzene rings is 2. The lowest BCUT2D eigenvalue weighted by Crippen LogP contribution is -2.24. The molecule has 0 amide bonds. The zero-order valence-corrected chi connectivity index (χ0v) is 17.0. The van der Waals surface area contributed by atoms with Crippen molar-refractivity contribution in [2.24, 2.45) is 0 Å². The van der Waals surface area contributed by atoms with Gasteiger partial charge in [-0.15, -0.1) is 0 Å². The number of alkyl halides is 3. The highest BCUT2D eigenvalue weighted by atomic mass is 19.4. The highest BCUT2D eigenvalue weighted by molar-refractivity contribution is 6.09. The van der Waals surface area contributed by atoms with E-state index in [9.17, 15) is 40.3 Å². The molecule has 3 rings (SSSR count). The number of nitrogens with zero attached hydrogens (tertiary/aromatic N) is 3. The Hall–Kier alpha value is -4.39. The molecule has 0 atom stereocenters. The fourth-order valence-corrected chi connectivity index (χ4v) is 3.32. The molecule has 0 saturated heterocycles. The van der Waals surface area contributed by atoms with Gasteiger partial charge in [0.05, 0.1) is 11.1 Å². The van der Waals surface area contributed by atoms with Crippen LogP contribution in [0, 0.1) is 59.8 Å². The van der Waals surface area contributed by atoms with Crippen molar-refractivity contribution in [3.8, 4) is 17.8 Å². The second-order valence-electron chi connectivity index (χ2n) is 7.00. The molecule has 13 heteroatoms. The molecule has 6 nitrogen and oxygen atoms in total. The topological polar surface area (TPSA) is 102 Å². The van der Waals surface area contributed by atoms with Crippen molar-refractivity contribution in [1.29, 1.82) is 10.5 Å². The normalized spacial score (nSPS) is 11.3. The fourth-order valence-electron chi connectivity index (χ4n) is 3.32. The van der Waals surface area contributed by atoms with Crippen LogP contribution in [0.2, 0.25) is 0 Å². The van der Waals surface area contributed by atoms with Crippen LogP contribution in [0.3, 0.4) is 0 Å². The van der Waals surface area contributed by atoms with Gasteiger partial charge in [0, 0.05) is 11.3 Å². The van der Waals surface area contributed by atoms with Gasteiger partial charge in [0.1, 0.15) is 29.0 Å². The van der Waals surface area contributed by atoms with Crippen molar-refractivity contribution in [2.45, 2.75) is 20.0 Å². The van der Waals surface area contributed by atoms with Crippen LogP contribution in [0.15, 0.2) is 16.9 Å². The van der Waals surface area contributed by atoms with E-state index in [2.05, 4.69) is 0 Å². The standard InChI is InChI=1S/C21H9F7N4O2/c1-7-3-9(4-12(10(7)5-29)21(26,27)28)19(33)13-8(2)31-32(20(13)34)18-16(24)14(22)11(6-30)15(23)17(18)25/h3-4,31H,1-2H3. The first-order valence-electron chi connectivity index (χ1n) is 9.00. The molecule has 0 aliphatic carbocycles. The summed E-state index contributed by atoms with van der Waals surface area (Å²) in [6.07, 6.45) is -5.02. The molecule has 0 radical (unpaired) electrons. The predicted octanol–water partition coefficient (Wildman–Crippen LogP) is 4.33. The fraction of sp³-hybridized carbons (Fsp3) is 0.143. The minimum absolute atomic E-state index is 0.0400. The summed E-state index contributed by atoms with van der Waals surface area (Å²) in [4.78, 5) is 25.7. The van der Waals surface area contributed by atoms with Gasteiger partial charge < -0.3 is 0 Å². The average Bonchev–Trinajstić information content (AvgIpc) is 3.04. The molecular formula is C21H9F7N4O2. The third-order valence-corrected chi connectivity index (χ3v) is 4.89. The van der Waals surface area contributed by atoms with Gasteiger partial charge in [0.25, 0.3) is 5.56 Å². The number of aromatic amines is 1. The van der Waals surface area contributed by atoms with Gasteiger partial charge in [-0.1, -0.05) is 0 Å². The van der Waals surface area contributed by atoms with Crippen LogP contribution in [0.25, 0.3) is 5.69 Å². The van der Waals surface area contributed by atoms with Crippen molar-refractivity contribution in [1.82, 2.24) is 9.78 Å². The second kappa shape index (κ2) is 8.19. The molecule has 0 aliphatic rings. The van der Waals surface area contributed by atoms with Gasteiger partial charge in [-0.3, -0.25) is 14.7 Å². The Morgan fingerprint density at radius 1 is 0.941 bits per heavy atom. The summed E-state index contributed by atoms with van der Waals surface area (Å²) in [6, 6.07) is 3.56. The number of hydrogen-bond donors (Lipinski definition) is 1. The maximum atomic E-state index is 14.4. The number of carbonyl (C=O) groups is 1. The van der Waals surface area contributed by atoms with Gasteiger partial charge in [0.15, 0.2) is 29.1 Å². The van der Waals surface area contributed by atoms with Crippen LogP contribution in [-0.2, 0) is 6.18 Å². The summed E-state index contributed by atoms with van der Waals surface area (Å²) in [5.74, 6) is -9.74. The molecule has 0 fully saturated rings. The lowest BCUT2D eigenvalue weighted by molar-refractivity contribution is -0.137. The number of nitriles is 2. The molecule has 3 aromatic rings. The summed E-state index contributed by atoms with van der Waals surface area (Å²) in [6.45, 7) is 2.18. The first-order valence-corrected chi connectivity index (χ1v) is 9.00. The van der Waals surface area contributed by atoms with E-state index in [1.807, 2.05) is 5.10 Å². The number of rotatable bonds is 3. The number of H-pyrrole nitrogens is 1. The molecule has 34 heavy (non-hydrogen) atoms. The number of ketones is 1. The number of hydrogen-bond acceptors (Lipinski definition) is 4. The van der Waals surface area contributed by atoms with Crippen LogP contribution in [0.5, 0.6) is 0 Å². The van der Waals surface area contributed by atoms with E-state index < -0.39 is 80.0 Å². The highest BCUT2D eigenvalue weighted by Crippen LogP contribution is 2.34. The maximum Gasteiger partial charge on any atom is 0.417 e. The molecule has 174 valence electrons. The van der Waals surface area contributed by atoms with Crippen molar-refractivity contribution >= 4 is 5.78 Å². The summed E-state index contributed by atoms with van der Waals surface area (Å²) in [5, 5.41) is 19.7. The molecule has 0 bridgehead atoms. The number of carbonyl (C=O) groups excluding carboxylic acids is 1. The number of halogens is 7. The first kappa shape index (κ1) is 24.3. The minimum Gasteiger partial charge on any atom is -0.294 e. The molecule has 0 unspecified atom stereocenters. The zero-order chi connectivity index (χ0) is 25.7. The Labute approximate surface area is 185 Å². The van der Waals surface area contributed by atoms with E-state index >= 15 is 0 Å². The lowest BCUT2D eigenvalue weighted by atomic mass is 9.94. The Bertz CT molecular complexity index is 1490. The smallest absolute Gasteiger partial charge is 0.294 e. The van der Waals surface area contributed by atoms with Crippen LogP contribution in [0.4, 0.5) is 30.7 Å². The van der Waals surface area contributed by atoms with Crippen LogP contribution < -0.4 is 5.56 Å². The summed E-state index contributed by atoms with van der Waals surface area (Å²) in [7, 11) is 0. The summed E-state index contributed by atoms with van der Waals surface area (Å²) in [5.41, 5.74) is -9.08. The van der Waals surface area contributed by atoms with Crippen molar-refractivity contribution < 1.29 is 35.5 Å². The molecular weight excluding hydrogens is 473 g/mol. The first-order chi connectivity index (χ1) is 15.8. The van der Waals surface area contributed by atoms with E-state index in [1.54, 1.807) is 0 Å². The van der Waals surface area contributed by atoms with Crippen molar-refractivity contribution in [3.05, 3.63) is 84.8 Å². The zero-order valence-electron chi connectivity index (χ0n) is 17.0. The maximum absolute atomic E-state index is 14.4. The van der Waals surface area contributed by atoms with E-state index in [0.29, 0.717) is 6.07 Å². The van der Waals surface area contributed by atoms with E-state index in [-0.39, 0.29) is 10.2 Å². The Morgan fingerprint density at radius 3 is 1.94 bits per heavy atom. The van der Waals surface area contributed by atoms with E-state index in [0.717, 1.165) is 26.0 Å². The van der Waals surface area contributed by atoms with Crippen molar-refractivity contribution in [2.75, 3.05) is 0 Å². The van der Waals surface area contributed by atoms with Gasteiger partial charge in [-0.2, -0.15) is 23.7 Å². The quantitative estimate of drug-likeness (QED) is 0.341. The largest absolute Gasteiger partial charge is 0.417 e. The Kier molecular flexibility index (Phi) is 5.84. The lowest BCUT2D eigenvalue weighted by Gasteiger charge is -2.12. The van der Waals surface area contributed by atoms with E-state index in [4.69, 9.17) is 10.5 Å². The van der Waals surface area contributed by atoms with Crippen molar-refractivity contribution in [3.63, 3.8) is 0 Å². The predicted molar refractivity (Wildman–Crippen MR) is 100 cm³/mol. The molecule has 1 heterocycles. The van der Waals surface area contributed by atoms with Crippen LogP contribution in [0.1, 0.15) is 43.9 Å². The third kappa shape index (κ3) is 3.61. The Morgan fingerprint density at radius 2 is 1.47 bits per heavy atom. The monoisotopic (exact) mass is 482 g/mol. The van der Waals surface area contributed by atoms with E-state index in [1.165, 1.54) is 6.07 Å². The molecule has 0 saturated carbocycles. The van der Waals surface area contributed by atoms with Gasteiger partial charge >= 0.3 is 6.18 Å². The molecule has 0 aliphatic heterocycles. The highest BCUT2D eigenvalue weighted by Gasteiger charge is 2.36. The van der Waals surface area contributed by atoms with Gasteiger partial charge in [-0.05, 0) is 31.5 Å². The summed E-state index contributed by atoms with van der Waals surface area (Å²) < 4.78 is 96.8. The molecule has 0 spiro atoms. The van der Waals surface area contributed by atoms with Crippen LogP contribution in [-0.4, -0.2) is 15.6 Å².